The van der Waals surface area contributed by atoms with E-state index in [1.165, 1.54) is 0 Å². The molecule has 1 saturated heterocycles. The van der Waals surface area contributed by atoms with Gasteiger partial charge < -0.3 is 10.5 Å². The van der Waals surface area contributed by atoms with Crippen molar-refractivity contribution in [3.05, 3.63) is 0 Å². The first-order chi connectivity index (χ1) is 7.06. The Morgan fingerprint density at radius 1 is 1.53 bits per heavy atom. The maximum absolute atomic E-state index is 5.97. The molecule has 90 valence electrons. The van der Waals surface area contributed by atoms with Crippen molar-refractivity contribution in [2.45, 2.75) is 45.7 Å². The second kappa shape index (κ2) is 5.28. The van der Waals surface area contributed by atoms with E-state index in [9.17, 15) is 0 Å². The molecule has 0 aromatic carbocycles. The van der Waals surface area contributed by atoms with Gasteiger partial charge in [0, 0.05) is 24.7 Å². The predicted octanol–water partition coefficient (Wildman–Crippen LogP) is 1.47. The Bertz CT molecular complexity index is 196. The Balaban J connectivity index is 2.80. The van der Waals surface area contributed by atoms with Gasteiger partial charge in [0.25, 0.3) is 0 Å². The highest BCUT2D eigenvalue weighted by Crippen LogP contribution is 2.28. The zero-order chi connectivity index (χ0) is 11.5. The summed E-state index contributed by atoms with van der Waals surface area (Å²) in [4.78, 5) is 2.56. The van der Waals surface area contributed by atoms with E-state index >= 15 is 0 Å². The molecular weight excluding hydrogens is 188 g/mol. The second-order valence-corrected chi connectivity index (χ2v) is 5.05. The Hall–Kier alpha value is -0.120. The lowest BCUT2D eigenvalue weighted by molar-refractivity contribution is -0.0726. The largest absolute Gasteiger partial charge is 0.378 e. The molecule has 1 heterocycles. The van der Waals surface area contributed by atoms with Gasteiger partial charge in [-0.2, -0.15) is 0 Å². The fourth-order valence-corrected chi connectivity index (χ4v) is 2.35. The van der Waals surface area contributed by atoms with Gasteiger partial charge in [0.05, 0.1) is 13.2 Å². The second-order valence-electron chi connectivity index (χ2n) is 5.05. The Kier molecular flexibility index (Phi) is 4.56. The molecule has 0 aromatic heterocycles. The van der Waals surface area contributed by atoms with Crippen LogP contribution in [-0.2, 0) is 4.74 Å². The maximum atomic E-state index is 5.97. The van der Waals surface area contributed by atoms with Crippen molar-refractivity contribution in [3.63, 3.8) is 0 Å². The highest BCUT2D eigenvalue weighted by molar-refractivity contribution is 4.94. The van der Waals surface area contributed by atoms with Crippen LogP contribution < -0.4 is 5.73 Å². The van der Waals surface area contributed by atoms with Gasteiger partial charge >= 0.3 is 0 Å². The normalized spacial score (nSPS) is 28.0. The number of ether oxygens (including phenoxy) is 1. The minimum absolute atomic E-state index is 0.116. The van der Waals surface area contributed by atoms with Crippen molar-refractivity contribution in [3.8, 4) is 0 Å². The van der Waals surface area contributed by atoms with Gasteiger partial charge in [-0.1, -0.05) is 20.8 Å². The number of rotatable bonds is 4. The van der Waals surface area contributed by atoms with Crippen molar-refractivity contribution in [1.82, 2.24) is 4.90 Å². The van der Waals surface area contributed by atoms with Crippen LogP contribution in [0.2, 0.25) is 0 Å². The molecule has 3 heteroatoms. The zero-order valence-electron chi connectivity index (χ0n) is 10.6. The summed E-state index contributed by atoms with van der Waals surface area (Å²) in [6.45, 7) is 12.5. The number of nitrogens with zero attached hydrogens (tertiary/aromatic N) is 1. The lowest BCUT2D eigenvalue weighted by Gasteiger charge is -2.49. The van der Waals surface area contributed by atoms with Crippen LogP contribution in [0, 0.1) is 5.92 Å². The standard InChI is InChI=1S/C12H26N2O/c1-5-11-8-15-7-6-14(11)12(4,9-13)10(2)3/h10-11H,5-9,13H2,1-4H3. The summed E-state index contributed by atoms with van der Waals surface area (Å²) < 4.78 is 5.54. The van der Waals surface area contributed by atoms with E-state index in [4.69, 9.17) is 10.5 Å². The van der Waals surface area contributed by atoms with Crippen molar-refractivity contribution in [2.24, 2.45) is 11.7 Å². The van der Waals surface area contributed by atoms with Crippen LogP contribution >= 0.6 is 0 Å². The van der Waals surface area contributed by atoms with Crippen LogP contribution in [0.5, 0.6) is 0 Å². The van der Waals surface area contributed by atoms with E-state index in [0.29, 0.717) is 12.0 Å². The van der Waals surface area contributed by atoms with Crippen molar-refractivity contribution < 1.29 is 4.74 Å². The molecule has 15 heavy (non-hydrogen) atoms. The zero-order valence-corrected chi connectivity index (χ0v) is 10.6. The molecule has 1 fully saturated rings. The van der Waals surface area contributed by atoms with Gasteiger partial charge in [-0.15, -0.1) is 0 Å². The molecule has 2 N–H and O–H groups in total. The third kappa shape index (κ3) is 2.52. The summed E-state index contributed by atoms with van der Waals surface area (Å²) in [5.41, 5.74) is 6.09. The maximum Gasteiger partial charge on any atom is 0.0622 e. The first kappa shape index (κ1) is 12.9. The third-order valence-electron chi connectivity index (χ3n) is 4.01. The fraction of sp³-hybridized carbons (Fsp3) is 1.00. The molecule has 2 atom stereocenters. The summed E-state index contributed by atoms with van der Waals surface area (Å²) >= 11 is 0. The molecule has 0 bridgehead atoms. The number of hydrogen-bond donors (Lipinski definition) is 1. The monoisotopic (exact) mass is 214 g/mol. The molecule has 0 aliphatic carbocycles. The summed E-state index contributed by atoms with van der Waals surface area (Å²) in [5.74, 6) is 0.578. The predicted molar refractivity (Wildman–Crippen MR) is 63.9 cm³/mol. The van der Waals surface area contributed by atoms with Gasteiger partial charge in [0.1, 0.15) is 0 Å². The first-order valence-electron chi connectivity index (χ1n) is 6.10. The van der Waals surface area contributed by atoms with Gasteiger partial charge in [0.2, 0.25) is 0 Å². The average molecular weight is 214 g/mol. The lowest BCUT2D eigenvalue weighted by Crippen LogP contribution is -2.62. The third-order valence-corrected chi connectivity index (χ3v) is 4.01. The summed E-state index contributed by atoms with van der Waals surface area (Å²) in [6, 6.07) is 0.537. The first-order valence-corrected chi connectivity index (χ1v) is 6.10. The molecule has 1 aliphatic rings. The number of nitrogens with two attached hydrogens (primary N) is 1. The topological polar surface area (TPSA) is 38.5 Å². The van der Waals surface area contributed by atoms with Gasteiger partial charge in [-0.3, -0.25) is 4.90 Å². The van der Waals surface area contributed by atoms with Crippen molar-refractivity contribution in [1.29, 1.82) is 0 Å². The van der Waals surface area contributed by atoms with Gasteiger partial charge in [-0.25, -0.2) is 0 Å². The molecule has 0 spiro atoms. The summed E-state index contributed by atoms with van der Waals surface area (Å²) in [5, 5.41) is 0. The molecule has 0 amide bonds. The van der Waals surface area contributed by atoms with Crippen LogP contribution in [0.1, 0.15) is 34.1 Å². The Morgan fingerprint density at radius 2 is 2.20 bits per heavy atom. The Labute approximate surface area is 94.0 Å². The highest BCUT2D eigenvalue weighted by atomic mass is 16.5. The summed E-state index contributed by atoms with van der Waals surface area (Å²) in [6.07, 6.45) is 1.14. The average Bonchev–Trinajstić information content (AvgIpc) is 2.27. The number of hydrogen-bond acceptors (Lipinski definition) is 3. The van der Waals surface area contributed by atoms with Crippen LogP contribution in [0.4, 0.5) is 0 Å². The molecular formula is C12H26N2O. The van der Waals surface area contributed by atoms with E-state index < -0.39 is 0 Å². The fourth-order valence-electron chi connectivity index (χ4n) is 2.35. The van der Waals surface area contributed by atoms with E-state index in [1.54, 1.807) is 0 Å². The minimum Gasteiger partial charge on any atom is -0.378 e. The molecule has 2 unspecified atom stereocenters. The van der Waals surface area contributed by atoms with Crippen LogP contribution in [-0.4, -0.2) is 42.8 Å². The molecule has 0 aromatic rings. The van der Waals surface area contributed by atoms with Crippen molar-refractivity contribution >= 4 is 0 Å². The van der Waals surface area contributed by atoms with Crippen molar-refractivity contribution in [2.75, 3.05) is 26.3 Å². The SMILES string of the molecule is CCC1COCCN1C(C)(CN)C(C)C. The van der Waals surface area contributed by atoms with E-state index in [2.05, 4.69) is 32.6 Å². The van der Waals surface area contributed by atoms with Crippen LogP contribution in [0.3, 0.4) is 0 Å². The lowest BCUT2D eigenvalue weighted by atomic mass is 9.84. The molecule has 0 radical (unpaired) electrons. The highest BCUT2D eigenvalue weighted by Gasteiger charge is 2.38. The van der Waals surface area contributed by atoms with Gasteiger partial charge in [0.15, 0.2) is 0 Å². The van der Waals surface area contributed by atoms with Crippen LogP contribution in [0.15, 0.2) is 0 Å². The van der Waals surface area contributed by atoms with E-state index in [1.807, 2.05) is 0 Å². The van der Waals surface area contributed by atoms with E-state index in [0.717, 1.165) is 32.7 Å². The minimum atomic E-state index is 0.116. The smallest absolute Gasteiger partial charge is 0.0622 e. The molecule has 0 saturated carbocycles. The number of morpholine rings is 1. The quantitative estimate of drug-likeness (QED) is 0.770. The van der Waals surface area contributed by atoms with Gasteiger partial charge in [-0.05, 0) is 19.3 Å². The Morgan fingerprint density at radius 3 is 2.67 bits per heavy atom. The molecule has 3 nitrogen and oxygen atoms in total. The molecule has 1 rings (SSSR count). The summed E-state index contributed by atoms with van der Waals surface area (Å²) in [7, 11) is 0. The van der Waals surface area contributed by atoms with E-state index in [-0.39, 0.29) is 5.54 Å². The molecule has 1 aliphatic heterocycles. The van der Waals surface area contributed by atoms with Crippen LogP contribution in [0.25, 0.3) is 0 Å².